The first kappa shape index (κ1) is 16.5. The predicted octanol–water partition coefficient (Wildman–Crippen LogP) is 3.58. The van der Waals surface area contributed by atoms with Crippen molar-refractivity contribution < 1.29 is 9.21 Å². The Hall–Kier alpha value is -2.34. The largest absolute Gasteiger partial charge is 0.467 e. The standard InChI is InChI=1S/C18H19N3O2S/c1-2-6-16-20-15-9-4-3-8-14(15)18(21-16)24-12-17(22)19-11-13-7-5-10-23-13/h3-5,7-10H,2,6,11-12H2,1H3,(H,19,22). The average molecular weight is 341 g/mol. The molecule has 0 atom stereocenters. The molecule has 5 nitrogen and oxygen atoms in total. The molecule has 0 aliphatic heterocycles. The number of furan rings is 1. The van der Waals surface area contributed by atoms with E-state index in [2.05, 4.69) is 22.2 Å². The summed E-state index contributed by atoms with van der Waals surface area (Å²) in [6.45, 7) is 2.51. The Morgan fingerprint density at radius 1 is 1.21 bits per heavy atom. The smallest absolute Gasteiger partial charge is 0.230 e. The first-order valence-corrected chi connectivity index (χ1v) is 8.92. The fourth-order valence-electron chi connectivity index (χ4n) is 2.32. The van der Waals surface area contributed by atoms with Crippen molar-refractivity contribution in [2.75, 3.05) is 5.75 Å². The van der Waals surface area contributed by atoms with Crippen molar-refractivity contribution in [1.82, 2.24) is 15.3 Å². The molecule has 0 spiro atoms. The Morgan fingerprint density at radius 3 is 2.88 bits per heavy atom. The van der Waals surface area contributed by atoms with Gasteiger partial charge in [-0.1, -0.05) is 36.9 Å². The topological polar surface area (TPSA) is 68.0 Å². The molecule has 0 aliphatic rings. The van der Waals surface area contributed by atoms with Crippen LogP contribution < -0.4 is 5.32 Å². The number of aromatic nitrogens is 2. The third-order valence-electron chi connectivity index (χ3n) is 3.47. The number of nitrogens with one attached hydrogen (secondary N) is 1. The second-order valence-corrected chi connectivity index (χ2v) is 6.32. The van der Waals surface area contributed by atoms with Crippen molar-refractivity contribution in [3.63, 3.8) is 0 Å². The second kappa shape index (κ2) is 7.97. The maximum Gasteiger partial charge on any atom is 0.230 e. The summed E-state index contributed by atoms with van der Waals surface area (Å²) in [6, 6.07) is 11.5. The van der Waals surface area contributed by atoms with Crippen LogP contribution in [0.4, 0.5) is 0 Å². The lowest BCUT2D eigenvalue weighted by molar-refractivity contribution is -0.118. The number of hydrogen-bond donors (Lipinski definition) is 1. The third-order valence-corrected chi connectivity index (χ3v) is 4.46. The molecule has 24 heavy (non-hydrogen) atoms. The SMILES string of the molecule is CCCc1nc(SCC(=O)NCc2ccco2)c2ccccc2n1. The number of thioether (sulfide) groups is 1. The molecule has 1 N–H and O–H groups in total. The van der Waals surface area contributed by atoms with E-state index in [-0.39, 0.29) is 5.91 Å². The minimum absolute atomic E-state index is 0.0452. The molecule has 2 aromatic heterocycles. The number of para-hydroxylation sites is 1. The third kappa shape index (κ3) is 4.14. The van der Waals surface area contributed by atoms with E-state index in [1.54, 1.807) is 12.3 Å². The zero-order chi connectivity index (χ0) is 16.8. The van der Waals surface area contributed by atoms with Crippen LogP contribution in [0, 0.1) is 0 Å². The van der Waals surface area contributed by atoms with E-state index >= 15 is 0 Å². The first-order chi connectivity index (χ1) is 11.8. The normalized spacial score (nSPS) is 10.9. The molecule has 124 valence electrons. The highest BCUT2D eigenvalue weighted by molar-refractivity contribution is 8.00. The summed E-state index contributed by atoms with van der Waals surface area (Å²) in [7, 11) is 0. The van der Waals surface area contributed by atoms with E-state index in [1.165, 1.54) is 11.8 Å². The summed E-state index contributed by atoms with van der Waals surface area (Å²) >= 11 is 1.44. The van der Waals surface area contributed by atoms with Crippen LogP contribution in [0.3, 0.4) is 0 Å². The molecule has 0 fully saturated rings. The fourth-order valence-corrected chi connectivity index (χ4v) is 3.19. The molecule has 0 saturated carbocycles. The summed E-state index contributed by atoms with van der Waals surface area (Å²) in [5.74, 6) is 1.84. The van der Waals surface area contributed by atoms with Crippen LogP contribution in [0.2, 0.25) is 0 Å². The molecular formula is C18H19N3O2S. The summed E-state index contributed by atoms with van der Waals surface area (Å²) in [6.07, 6.45) is 3.42. The van der Waals surface area contributed by atoms with Gasteiger partial charge in [-0.3, -0.25) is 4.79 Å². The second-order valence-electron chi connectivity index (χ2n) is 5.36. The van der Waals surface area contributed by atoms with Crippen LogP contribution in [0.1, 0.15) is 24.9 Å². The quantitative estimate of drug-likeness (QED) is 0.525. The van der Waals surface area contributed by atoms with Gasteiger partial charge in [-0.25, -0.2) is 9.97 Å². The van der Waals surface area contributed by atoms with Crippen LogP contribution >= 0.6 is 11.8 Å². The average Bonchev–Trinajstić information content (AvgIpc) is 3.11. The van der Waals surface area contributed by atoms with E-state index in [4.69, 9.17) is 4.42 Å². The zero-order valence-electron chi connectivity index (χ0n) is 13.5. The minimum Gasteiger partial charge on any atom is -0.467 e. The maximum atomic E-state index is 12.0. The Morgan fingerprint density at radius 2 is 2.08 bits per heavy atom. The Kier molecular flexibility index (Phi) is 5.48. The van der Waals surface area contributed by atoms with Crippen molar-refractivity contribution >= 4 is 28.6 Å². The Labute approximate surface area is 144 Å². The highest BCUT2D eigenvalue weighted by atomic mass is 32.2. The van der Waals surface area contributed by atoms with Crippen LogP contribution in [0.15, 0.2) is 52.1 Å². The number of benzene rings is 1. The van der Waals surface area contributed by atoms with Crippen molar-refractivity contribution in [1.29, 1.82) is 0 Å². The van der Waals surface area contributed by atoms with Gasteiger partial charge < -0.3 is 9.73 Å². The molecule has 3 rings (SSSR count). The van der Waals surface area contributed by atoms with Crippen LogP contribution in [0.25, 0.3) is 10.9 Å². The van der Waals surface area contributed by atoms with Gasteiger partial charge in [0, 0.05) is 11.8 Å². The molecule has 0 saturated heterocycles. The van der Waals surface area contributed by atoms with Crippen molar-refractivity contribution in [3.05, 3.63) is 54.2 Å². The lowest BCUT2D eigenvalue weighted by atomic mass is 10.2. The van der Waals surface area contributed by atoms with Crippen molar-refractivity contribution in [3.8, 4) is 0 Å². The zero-order valence-corrected chi connectivity index (χ0v) is 14.3. The van der Waals surface area contributed by atoms with Gasteiger partial charge in [0.05, 0.1) is 24.1 Å². The molecule has 3 aromatic rings. The molecule has 1 amide bonds. The van der Waals surface area contributed by atoms with E-state index < -0.39 is 0 Å². The molecule has 0 unspecified atom stereocenters. The van der Waals surface area contributed by atoms with Gasteiger partial charge in [0.25, 0.3) is 0 Å². The number of amides is 1. The minimum atomic E-state index is -0.0452. The van der Waals surface area contributed by atoms with E-state index in [1.807, 2.05) is 30.3 Å². The van der Waals surface area contributed by atoms with Gasteiger partial charge in [0.1, 0.15) is 16.6 Å². The highest BCUT2D eigenvalue weighted by Gasteiger charge is 2.10. The molecule has 0 radical (unpaired) electrons. The van der Waals surface area contributed by atoms with Crippen LogP contribution in [0.5, 0.6) is 0 Å². The molecule has 0 bridgehead atoms. The van der Waals surface area contributed by atoms with Gasteiger partial charge in [-0.15, -0.1) is 0 Å². The van der Waals surface area contributed by atoms with Gasteiger partial charge in [0.2, 0.25) is 5.91 Å². The molecule has 1 aromatic carbocycles. The van der Waals surface area contributed by atoms with E-state index in [9.17, 15) is 4.79 Å². The van der Waals surface area contributed by atoms with E-state index in [0.29, 0.717) is 12.3 Å². The summed E-state index contributed by atoms with van der Waals surface area (Å²) < 4.78 is 5.20. The van der Waals surface area contributed by atoms with Crippen molar-refractivity contribution in [2.24, 2.45) is 0 Å². The number of nitrogens with zero attached hydrogens (tertiary/aromatic N) is 2. The van der Waals surface area contributed by atoms with Crippen LogP contribution in [-0.2, 0) is 17.8 Å². The Bertz CT molecular complexity index is 818. The molecule has 0 aliphatic carbocycles. The van der Waals surface area contributed by atoms with Gasteiger partial charge in [0.15, 0.2) is 0 Å². The number of carbonyl (C=O) groups excluding carboxylic acids is 1. The maximum absolute atomic E-state index is 12.0. The number of aryl methyl sites for hydroxylation is 1. The monoisotopic (exact) mass is 341 g/mol. The summed E-state index contributed by atoms with van der Waals surface area (Å²) in [4.78, 5) is 21.3. The number of hydrogen-bond acceptors (Lipinski definition) is 5. The van der Waals surface area contributed by atoms with Gasteiger partial charge in [-0.2, -0.15) is 0 Å². The number of fused-ring (bicyclic) bond motifs is 1. The summed E-state index contributed by atoms with van der Waals surface area (Å²) in [5.41, 5.74) is 0.925. The van der Waals surface area contributed by atoms with Crippen molar-refractivity contribution in [2.45, 2.75) is 31.3 Å². The predicted molar refractivity (Wildman–Crippen MR) is 94.8 cm³/mol. The molecule has 6 heteroatoms. The highest BCUT2D eigenvalue weighted by Crippen LogP contribution is 2.25. The summed E-state index contributed by atoms with van der Waals surface area (Å²) in [5, 5.41) is 4.69. The van der Waals surface area contributed by atoms with Gasteiger partial charge >= 0.3 is 0 Å². The first-order valence-electron chi connectivity index (χ1n) is 7.94. The van der Waals surface area contributed by atoms with E-state index in [0.717, 1.165) is 40.4 Å². The van der Waals surface area contributed by atoms with Crippen LogP contribution in [-0.4, -0.2) is 21.6 Å². The number of carbonyl (C=O) groups is 1. The number of rotatable bonds is 7. The molecule has 2 heterocycles. The lowest BCUT2D eigenvalue weighted by Gasteiger charge is -2.08. The molecular weight excluding hydrogens is 322 g/mol. The van der Waals surface area contributed by atoms with Gasteiger partial charge in [-0.05, 0) is 24.6 Å². The Balaban J connectivity index is 1.68. The fraction of sp³-hybridized carbons (Fsp3) is 0.278. The lowest BCUT2D eigenvalue weighted by Crippen LogP contribution is -2.24.